The zero-order chi connectivity index (χ0) is 12.3. The first-order valence-electron chi connectivity index (χ1n) is 5.14. The number of carbonyl (C=O) groups excluding carboxylic acids is 1. The van der Waals surface area contributed by atoms with E-state index in [1.807, 2.05) is 6.07 Å². The van der Waals surface area contributed by atoms with E-state index in [2.05, 4.69) is 15.3 Å². The zero-order valence-corrected chi connectivity index (χ0v) is 9.83. The molecule has 1 aliphatic carbocycles. The van der Waals surface area contributed by atoms with Gasteiger partial charge in [-0.3, -0.25) is 4.79 Å². The lowest BCUT2D eigenvalue weighted by atomic mass is 10.3. The van der Waals surface area contributed by atoms with Gasteiger partial charge in [0.25, 0.3) is 0 Å². The van der Waals surface area contributed by atoms with Crippen LogP contribution in [0.2, 0.25) is 0 Å². The summed E-state index contributed by atoms with van der Waals surface area (Å²) in [7, 11) is 0. The van der Waals surface area contributed by atoms with Crippen molar-refractivity contribution in [3.05, 3.63) is 11.8 Å². The molecule has 0 aromatic carbocycles. The van der Waals surface area contributed by atoms with Gasteiger partial charge in [-0.25, -0.2) is 9.97 Å². The Morgan fingerprint density at radius 1 is 1.71 bits per heavy atom. The Morgan fingerprint density at radius 3 is 3.06 bits per heavy atom. The molecule has 6 nitrogen and oxygen atoms in total. The van der Waals surface area contributed by atoms with Gasteiger partial charge in [0.2, 0.25) is 5.91 Å². The predicted octanol–water partition coefficient (Wildman–Crippen LogP) is 0.301. The summed E-state index contributed by atoms with van der Waals surface area (Å²) in [6.07, 6.45) is 3.50. The standard InChI is InChI=1S/C10H11N5OS/c11-3-6-4-13-10(15-9(6)12)17-5-8(16)14-7-1-2-7/h4,7H,1-2,5H2,(H,14,16)(H2,12,13,15). The molecule has 1 fully saturated rings. The summed E-state index contributed by atoms with van der Waals surface area (Å²) in [5, 5.41) is 11.9. The van der Waals surface area contributed by atoms with Crippen LogP contribution in [0.5, 0.6) is 0 Å². The SMILES string of the molecule is N#Cc1cnc(SCC(=O)NC2CC2)nc1N. The Balaban J connectivity index is 1.88. The van der Waals surface area contributed by atoms with Gasteiger partial charge >= 0.3 is 0 Å². The number of nitrogens with zero attached hydrogens (tertiary/aromatic N) is 3. The van der Waals surface area contributed by atoms with Crippen molar-refractivity contribution in [2.75, 3.05) is 11.5 Å². The Labute approximate surface area is 103 Å². The normalized spacial score (nSPS) is 14.1. The first kappa shape index (κ1) is 11.7. The summed E-state index contributed by atoms with van der Waals surface area (Å²) >= 11 is 1.21. The fraction of sp³-hybridized carbons (Fsp3) is 0.400. The molecule has 1 amide bonds. The molecule has 1 saturated carbocycles. The molecule has 1 aromatic heterocycles. The predicted molar refractivity (Wildman–Crippen MR) is 63.0 cm³/mol. The second kappa shape index (κ2) is 5.01. The lowest BCUT2D eigenvalue weighted by Gasteiger charge is -2.03. The highest BCUT2D eigenvalue weighted by Crippen LogP contribution is 2.20. The van der Waals surface area contributed by atoms with Crippen molar-refractivity contribution >= 4 is 23.5 Å². The van der Waals surface area contributed by atoms with Crippen LogP contribution in [-0.4, -0.2) is 27.7 Å². The first-order valence-corrected chi connectivity index (χ1v) is 6.12. The molecule has 1 heterocycles. The van der Waals surface area contributed by atoms with Gasteiger partial charge in [-0.2, -0.15) is 5.26 Å². The van der Waals surface area contributed by atoms with Crippen molar-refractivity contribution in [1.82, 2.24) is 15.3 Å². The van der Waals surface area contributed by atoms with Gasteiger partial charge in [0.1, 0.15) is 17.5 Å². The highest BCUT2D eigenvalue weighted by atomic mass is 32.2. The van der Waals surface area contributed by atoms with Crippen LogP contribution in [0.4, 0.5) is 5.82 Å². The van der Waals surface area contributed by atoms with Gasteiger partial charge in [0.05, 0.1) is 11.9 Å². The third-order valence-electron chi connectivity index (χ3n) is 2.19. The second-order valence-electron chi connectivity index (χ2n) is 3.69. The minimum Gasteiger partial charge on any atom is -0.382 e. The van der Waals surface area contributed by atoms with Crippen molar-refractivity contribution < 1.29 is 4.79 Å². The lowest BCUT2D eigenvalue weighted by Crippen LogP contribution is -2.27. The number of nitrogen functional groups attached to an aromatic ring is 1. The average Bonchev–Trinajstić information content (AvgIpc) is 3.10. The third-order valence-corrected chi connectivity index (χ3v) is 3.05. The number of hydrogen-bond donors (Lipinski definition) is 2. The summed E-state index contributed by atoms with van der Waals surface area (Å²) in [4.78, 5) is 19.3. The van der Waals surface area contributed by atoms with Crippen LogP contribution in [0.1, 0.15) is 18.4 Å². The molecule has 0 spiro atoms. The second-order valence-corrected chi connectivity index (χ2v) is 4.64. The van der Waals surface area contributed by atoms with Crippen LogP contribution in [0.3, 0.4) is 0 Å². The molecule has 2 rings (SSSR count). The Morgan fingerprint density at radius 2 is 2.47 bits per heavy atom. The topological polar surface area (TPSA) is 105 Å². The van der Waals surface area contributed by atoms with Crippen LogP contribution in [0, 0.1) is 11.3 Å². The van der Waals surface area contributed by atoms with Crippen LogP contribution < -0.4 is 11.1 Å². The summed E-state index contributed by atoms with van der Waals surface area (Å²) in [5.41, 5.74) is 5.79. The molecular formula is C10H11N5OS. The molecule has 0 radical (unpaired) electrons. The number of nitrogens with two attached hydrogens (primary N) is 1. The third kappa shape index (κ3) is 3.32. The molecular weight excluding hydrogens is 238 g/mol. The molecule has 0 unspecified atom stereocenters. The Kier molecular flexibility index (Phi) is 3.44. The van der Waals surface area contributed by atoms with Gasteiger partial charge in [0.15, 0.2) is 5.16 Å². The maximum absolute atomic E-state index is 11.4. The van der Waals surface area contributed by atoms with Crippen LogP contribution in [0.15, 0.2) is 11.4 Å². The highest BCUT2D eigenvalue weighted by molar-refractivity contribution is 7.99. The van der Waals surface area contributed by atoms with E-state index < -0.39 is 0 Å². The molecule has 0 atom stereocenters. The minimum absolute atomic E-state index is 0.0240. The van der Waals surface area contributed by atoms with Gasteiger partial charge < -0.3 is 11.1 Å². The van der Waals surface area contributed by atoms with Gasteiger partial charge in [-0.15, -0.1) is 0 Å². The van der Waals surface area contributed by atoms with E-state index in [4.69, 9.17) is 11.0 Å². The fourth-order valence-electron chi connectivity index (χ4n) is 1.16. The molecule has 1 aliphatic rings. The summed E-state index contributed by atoms with van der Waals surface area (Å²) in [6.45, 7) is 0. The number of thioether (sulfide) groups is 1. The smallest absolute Gasteiger partial charge is 0.230 e. The molecule has 17 heavy (non-hydrogen) atoms. The van der Waals surface area contributed by atoms with Gasteiger partial charge in [-0.1, -0.05) is 11.8 Å². The van der Waals surface area contributed by atoms with Crippen molar-refractivity contribution in [3.63, 3.8) is 0 Å². The number of rotatable bonds is 4. The van der Waals surface area contributed by atoms with Crippen molar-refractivity contribution in [2.45, 2.75) is 24.0 Å². The minimum atomic E-state index is -0.0240. The number of nitriles is 1. The first-order chi connectivity index (χ1) is 8.19. The number of hydrogen-bond acceptors (Lipinski definition) is 6. The van der Waals surface area contributed by atoms with Crippen LogP contribution in [0.25, 0.3) is 0 Å². The van der Waals surface area contributed by atoms with E-state index >= 15 is 0 Å². The highest BCUT2D eigenvalue weighted by Gasteiger charge is 2.23. The molecule has 0 aliphatic heterocycles. The largest absolute Gasteiger partial charge is 0.382 e. The molecule has 0 saturated heterocycles. The molecule has 7 heteroatoms. The van der Waals surface area contributed by atoms with Crippen molar-refractivity contribution in [2.24, 2.45) is 0 Å². The van der Waals surface area contributed by atoms with Gasteiger partial charge in [-0.05, 0) is 12.8 Å². The van der Waals surface area contributed by atoms with E-state index in [1.54, 1.807) is 0 Å². The van der Waals surface area contributed by atoms with E-state index in [0.717, 1.165) is 12.8 Å². The zero-order valence-electron chi connectivity index (χ0n) is 9.01. The Hall–Kier alpha value is -1.81. The van der Waals surface area contributed by atoms with Crippen molar-refractivity contribution in [1.29, 1.82) is 5.26 Å². The van der Waals surface area contributed by atoms with Gasteiger partial charge in [0, 0.05) is 6.04 Å². The number of nitrogens with one attached hydrogen (secondary N) is 1. The number of amides is 1. The Bertz CT molecular complexity index is 480. The summed E-state index contributed by atoms with van der Waals surface area (Å²) in [5.74, 6) is 0.388. The van der Waals surface area contributed by atoms with E-state index in [0.29, 0.717) is 11.2 Å². The fourth-order valence-corrected chi connectivity index (χ4v) is 1.79. The molecule has 88 valence electrons. The number of aromatic nitrogens is 2. The van der Waals surface area contributed by atoms with Crippen molar-refractivity contribution in [3.8, 4) is 6.07 Å². The number of carbonyl (C=O) groups is 1. The van der Waals surface area contributed by atoms with Crippen LogP contribution in [-0.2, 0) is 4.79 Å². The molecule has 3 N–H and O–H groups in total. The maximum Gasteiger partial charge on any atom is 0.230 e. The molecule has 1 aromatic rings. The maximum atomic E-state index is 11.4. The van der Waals surface area contributed by atoms with E-state index in [1.165, 1.54) is 18.0 Å². The van der Waals surface area contributed by atoms with E-state index in [9.17, 15) is 4.79 Å². The summed E-state index contributed by atoms with van der Waals surface area (Å²) in [6, 6.07) is 2.24. The molecule has 0 bridgehead atoms. The van der Waals surface area contributed by atoms with E-state index in [-0.39, 0.29) is 23.0 Å². The summed E-state index contributed by atoms with van der Waals surface area (Å²) < 4.78 is 0. The lowest BCUT2D eigenvalue weighted by molar-refractivity contribution is -0.118. The quantitative estimate of drug-likeness (QED) is 0.587. The average molecular weight is 249 g/mol. The number of anilines is 1. The van der Waals surface area contributed by atoms with Crippen LogP contribution >= 0.6 is 11.8 Å². The monoisotopic (exact) mass is 249 g/mol.